The first-order chi connectivity index (χ1) is 14.1. The van der Waals surface area contributed by atoms with Gasteiger partial charge in [-0.3, -0.25) is 4.79 Å². The lowest BCUT2D eigenvalue weighted by Crippen LogP contribution is -2.13. The van der Waals surface area contributed by atoms with Crippen LogP contribution in [0.5, 0.6) is 5.75 Å². The van der Waals surface area contributed by atoms with E-state index in [4.69, 9.17) is 9.72 Å². The molecule has 4 aromatic rings. The van der Waals surface area contributed by atoms with Crippen molar-refractivity contribution in [2.75, 3.05) is 11.9 Å². The van der Waals surface area contributed by atoms with Crippen LogP contribution in [-0.4, -0.2) is 17.5 Å². The molecule has 0 saturated carbocycles. The standard InChI is InChI=1S/C23H19BrN2O2S/c1-3-28-20-12-11-15(13-17(20)24)22(27)25-18-9-6-7-16(14(18)2)23-26-19-8-4-5-10-21(19)29-23/h4-13H,3H2,1-2H3,(H,25,27). The summed E-state index contributed by atoms with van der Waals surface area (Å²) in [7, 11) is 0. The van der Waals surface area contributed by atoms with E-state index in [0.717, 1.165) is 42.3 Å². The first-order valence-electron chi connectivity index (χ1n) is 9.26. The summed E-state index contributed by atoms with van der Waals surface area (Å²) in [5.41, 5.74) is 4.34. The Labute approximate surface area is 181 Å². The van der Waals surface area contributed by atoms with Crippen LogP contribution in [0.3, 0.4) is 0 Å². The maximum Gasteiger partial charge on any atom is 0.255 e. The second-order valence-electron chi connectivity index (χ2n) is 6.50. The molecule has 4 nitrogen and oxygen atoms in total. The highest BCUT2D eigenvalue weighted by Crippen LogP contribution is 2.34. The molecular weight excluding hydrogens is 448 g/mol. The third-order valence-corrected chi connectivity index (χ3v) is 6.29. The van der Waals surface area contributed by atoms with Crippen LogP contribution in [0.25, 0.3) is 20.8 Å². The number of halogens is 1. The number of hydrogen-bond donors (Lipinski definition) is 1. The molecule has 1 amide bonds. The number of nitrogens with zero attached hydrogens (tertiary/aromatic N) is 1. The summed E-state index contributed by atoms with van der Waals surface area (Å²) in [6.07, 6.45) is 0. The average molecular weight is 467 g/mol. The number of ether oxygens (including phenoxy) is 1. The van der Waals surface area contributed by atoms with Gasteiger partial charge in [0.2, 0.25) is 0 Å². The maximum atomic E-state index is 12.8. The fourth-order valence-electron chi connectivity index (χ4n) is 3.10. The molecule has 1 N–H and O–H groups in total. The van der Waals surface area contributed by atoms with Crippen LogP contribution >= 0.6 is 27.3 Å². The van der Waals surface area contributed by atoms with E-state index in [1.54, 1.807) is 29.5 Å². The molecule has 0 aliphatic rings. The Balaban J connectivity index is 1.62. The van der Waals surface area contributed by atoms with Crippen molar-refractivity contribution in [3.05, 3.63) is 76.3 Å². The highest BCUT2D eigenvalue weighted by molar-refractivity contribution is 9.10. The average Bonchev–Trinajstić information content (AvgIpc) is 3.15. The molecule has 0 fully saturated rings. The Morgan fingerprint density at radius 3 is 2.72 bits per heavy atom. The lowest BCUT2D eigenvalue weighted by atomic mass is 10.1. The quantitative estimate of drug-likeness (QED) is 0.356. The summed E-state index contributed by atoms with van der Waals surface area (Å²) >= 11 is 5.12. The van der Waals surface area contributed by atoms with Gasteiger partial charge in [0.05, 0.1) is 21.3 Å². The smallest absolute Gasteiger partial charge is 0.255 e. The third kappa shape index (κ3) is 4.04. The molecule has 4 rings (SSSR count). The Bertz CT molecular complexity index is 1170. The van der Waals surface area contributed by atoms with E-state index in [1.165, 1.54) is 0 Å². The van der Waals surface area contributed by atoms with Crippen LogP contribution in [0.4, 0.5) is 5.69 Å². The van der Waals surface area contributed by atoms with Crippen LogP contribution in [0.1, 0.15) is 22.8 Å². The van der Waals surface area contributed by atoms with E-state index in [9.17, 15) is 4.79 Å². The van der Waals surface area contributed by atoms with Gasteiger partial charge in [0.1, 0.15) is 10.8 Å². The minimum Gasteiger partial charge on any atom is -0.493 e. The fourth-order valence-corrected chi connectivity index (χ4v) is 4.64. The van der Waals surface area contributed by atoms with Crippen LogP contribution in [0.15, 0.2) is 65.1 Å². The largest absolute Gasteiger partial charge is 0.493 e. The lowest BCUT2D eigenvalue weighted by molar-refractivity contribution is 0.102. The van der Waals surface area contributed by atoms with Gasteiger partial charge in [0, 0.05) is 16.8 Å². The van der Waals surface area contributed by atoms with Crippen molar-refractivity contribution >= 4 is 49.1 Å². The van der Waals surface area contributed by atoms with Gasteiger partial charge in [-0.15, -0.1) is 11.3 Å². The number of rotatable bonds is 5. The van der Waals surface area contributed by atoms with Crippen molar-refractivity contribution in [2.24, 2.45) is 0 Å². The number of anilines is 1. The molecule has 29 heavy (non-hydrogen) atoms. The minimum absolute atomic E-state index is 0.168. The normalized spacial score (nSPS) is 10.9. The number of para-hydroxylation sites is 1. The minimum atomic E-state index is -0.168. The summed E-state index contributed by atoms with van der Waals surface area (Å²) in [5, 5.41) is 3.97. The Morgan fingerprint density at radius 1 is 1.14 bits per heavy atom. The second kappa shape index (κ2) is 8.35. The van der Waals surface area contributed by atoms with Crippen LogP contribution in [0.2, 0.25) is 0 Å². The number of benzene rings is 3. The maximum absolute atomic E-state index is 12.8. The van der Waals surface area contributed by atoms with E-state index < -0.39 is 0 Å². The molecular formula is C23H19BrN2O2S. The Morgan fingerprint density at radius 2 is 1.97 bits per heavy atom. The summed E-state index contributed by atoms with van der Waals surface area (Å²) in [5.74, 6) is 0.552. The summed E-state index contributed by atoms with van der Waals surface area (Å²) in [6, 6.07) is 19.3. The topological polar surface area (TPSA) is 51.2 Å². The molecule has 146 valence electrons. The number of thiazole rings is 1. The summed E-state index contributed by atoms with van der Waals surface area (Å²) < 4.78 is 7.42. The predicted molar refractivity (Wildman–Crippen MR) is 123 cm³/mol. The van der Waals surface area contributed by atoms with E-state index in [2.05, 4.69) is 27.3 Å². The van der Waals surface area contributed by atoms with Gasteiger partial charge in [-0.1, -0.05) is 24.3 Å². The molecule has 0 spiro atoms. The highest BCUT2D eigenvalue weighted by atomic mass is 79.9. The number of aromatic nitrogens is 1. The van der Waals surface area contributed by atoms with Crippen molar-refractivity contribution in [3.63, 3.8) is 0 Å². The zero-order chi connectivity index (χ0) is 20.4. The first kappa shape index (κ1) is 19.6. The zero-order valence-electron chi connectivity index (χ0n) is 16.0. The van der Waals surface area contributed by atoms with Crippen molar-refractivity contribution in [3.8, 4) is 16.3 Å². The summed E-state index contributed by atoms with van der Waals surface area (Å²) in [4.78, 5) is 17.5. The second-order valence-corrected chi connectivity index (χ2v) is 8.38. The molecule has 0 aliphatic heterocycles. The van der Waals surface area contributed by atoms with Crippen LogP contribution in [0, 0.1) is 6.92 Å². The van der Waals surface area contributed by atoms with Crippen molar-refractivity contribution < 1.29 is 9.53 Å². The number of amides is 1. The van der Waals surface area contributed by atoms with Gasteiger partial charge < -0.3 is 10.1 Å². The third-order valence-electron chi connectivity index (χ3n) is 4.60. The predicted octanol–water partition coefficient (Wildman–Crippen LogP) is 6.69. The molecule has 0 bridgehead atoms. The van der Waals surface area contributed by atoms with Gasteiger partial charge >= 0.3 is 0 Å². The molecule has 3 aromatic carbocycles. The lowest BCUT2D eigenvalue weighted by Gasteiger charge is -2.12. The van der Waals surface area contributed by atoms with E-state index in [0.29, 0.717) is 12.2 Å². The van der Waals surface area contributed by atoms with Crippen LogP contribution in [-0.2, 0) is 0 Å². The van der Waals surface area contributed by atoms with Gasteiger partial charge in [0.25, 0.3) is 5.91 Å². The molecule has 6 heteroatoms. The molecule has 0 radical (unpaired) electrons. The molecule has 0 aliphatic carbocycles. The number of carbonyl (C=O) groups excluding carboxylic acids is 1. The van der Waals surface area contributed by atoms with Gasteiger partial charge in [-0.25, -0.2) is 4.98 Å². The molecule has 0 saturated heterocycles. The van der Waals surface area contributed by atoms with Gasteiger partial charge in [-0.2, -0.15) is 0 Å². The van der Waals surface area contributed by atoms with Crippen LogP contribution < -0.4 is 10.1 Å². The van der Waals surface area contributed by atoms with Gasteiger partial charge in [0.15, 0.2) is 0 Å². The number of nitrogens with one attached hydrogen (secondary N) is 1. The Kier molecular flexibility index (Phi) is 5.65. The van der Waals surface area contributed by atoms with E-state index in [-0.39, 0.29) is 5.91 Å². The van der Waals surface area contributed by atoms with Crippen molar-refractivity contribution in [2.45, 2.75) is 13.8 Å². The van der Waals surface area contributed by atoms with Gasteiger partial charge in [-0.05, 0) is 71.7 Å². The molecule has 0 atom stereocenters. The SMILES string of the molecule is CCOc1ccc(C(=O)Nc2cccc(-c3nc4ccccc4s3)c2C)cc1Br. The molecule has 1 aromatic heterocycles. The summed E-state index contributed by atoms with van der Waals surface area (Å²) in [6.45, 7) is 4.50. The first-order valence-corrected chi connectivity index (χ1v) is 10.9. The number of fused-ring (bicyclic) bond motifs is 1. The zero-order valence-corrected chi connectivity index (χ0v) is 18.4. The van der Waals surface area contributed by atoms with E-state index >= 15 is 0 Å². The molecule has 0 unspecified atom stereocenters. The number of carbonyl (C=O) groups is 1. The number of hydrogen-bond acceptors (Lipinski definition) is 4. The highest BCUT2D eigenvalue weighted by Gasteiger charge is 2.14. The fraction of sp³-hybridized carbons (Fsp3) is 0.130. The molecule has 1 heterocycles. The van der Waals surface area contributed by atoms with E-state index in [1.807, 2.05) is 50.2 Å². The Hall–Kier alpha value is -2.70. The van der Waals surface area contributed by atoms with Crippen molar-refractivity contribution in [1.82, 2.24) is 4.98 Å². The van der Waals surface area contributed by atoms with Crippen molar-refractivity contribution in [1.29, 1.82) is 0 Å². The monoisotopic (exact) mass is 466 g/mol.